The molecule has 0 atom stereocenters. The molecule has 0 aliphatic heterocycles. The van der Waals surface area contributed by atoms with Gasteiger partial charge in [-0.2, -0.15) is 5.06 Å². The summed E-state index contributed by atoms with van der Waals surface area (Å²) in [5.74, 6) is 0. The zero-order chi connectivity index (χ0) is 13.1. The maximum atomic E-state index is 10.5. The fourth-order valence-corrected chi connectivity index (χ4v) is 1.19. The number of hydroxylamine groups is 2. The second-order valence-electron chi connectivity index (χ2n) is 3.11. The van der Waals surface area contributed by atoms with E-state index in [9.17, 15) is 4.79 Å². The van der Waals surface area contributed by atoms with Crippen LogP contribution in [0.4, 0.5) is 4.79 Å². The molecule has 0 saturated heterocycles. The van der Waals surface area contributed by atoms with Crippen molar-refractivity contribution in [2.45, 2.75) is 33.0 Å². The molecule has 0 unspecified atom stereocenters. The monoisotopic (exact) mass is 247 g/mol. The van der Waals surface area contributed by atoms with Crippen molar-refractivity contribution in [2.75, 3.05) is 19.8 Å². The number of hydrogen-bond donors (Lipinski definition) is 1. The van der Waals surface area contributed by atoms with Gasteiger partial charge in [-0.05, 0) is 20.3 Å². The number of hydrogen-bond acceptors (Lipinski definition) is 4. The van der Waals surface area contributed by atoms with E-state index in [2.05, 4.69) is 6.58 Å². The summed E-state index contributed by atoms with van der Waals surface area (Å²) >= 11 is 0. The van der Waals surface area contributed by atoms with Gasteiger partial charge in [0.1, 0.15) is 0 Å². The molecule has 6 nitrogen and oxygen atoms in total. The Morgan fingerprint density at radius 3 is 2.41 bits per heavy atom. The van der Waals surface area contributed by atoms with Crippen LogP contribution in [-0.2, 0) is 14.3 Å². The van der Waals surface area contributed by atoms with Gasteiger partial charge in [0.2, 0.25) is 0 Å². The molecule has 0 aromatic heterocycles. The Balaban J connectivity index is 3.72. The Bertz CT molecular complexity index is 216. The molecular formula is C11H21NO5. The normalized spacial score (nSPS) is 10.5. The van der Waals surface area contributed by atoms with Crippen LogP contribution in [0.3, 0.4) is 0 Å². The van der Waals surface area contributed by atoms with Crippen molar-refractivity contribution in [3.63, 3.8) is 0 Å². The van der Waals surface area contributed by atoms with E-state index in [-0.39, 0.29) is 12.9 Å². The number of rotatable bonds is 10. The summed E-state index contributed by atoms with van der Waals surface area (Å²) in [7, 11) is 0. The smallest absolute Gasteiger partial charge is 0.435 e. The molecule has 17 heavy (non-hydrogen) atoms. The van der Waals surface area contributed by atoms with Crippen LogP contribution in [0.15, 0.2) is 12.8 Å². The third-order valence-electron chi connectivity index (χ3n) is 1.87. The fourth-order valence-electron chi connectivity index (χ4n) is 1.19. The lowest BCUT2D eigenvalue weighted by Crippen LogP contribution is -2.25. The summed E-state index contributed by atoms with van der Waals surface area (Å²) in [6, 6.07) is 0. The van der Waals surface area contributed by atoms with Crippen LogP contribution in [0.2, 0.25) is 0 Å². The average Bonchev–Trinajstić information content (AvgIpc) is 2.29. The number of nitrogens with zero attached hydrogens (tertiary/aromatic N) is 1. The highest BCUT2D eigenvalue weighted by Crippen LogP contribution is 2.05. The molecule has 0 rings (SSSR count). The molecule has 0 aromatic carbocycles. The standard InChI is InChI=1S/C11H21NO5/c1-4-12(11(13)14)17-9-7-8-10(15-5-2)16-6-3/h4,10H,1,5-9H2,2-3H3,(H,13,14). The van der Waals surface area contributed by atoms with Crippen molar-refractivity contribution < 1.29 is 24.2 Å². The SMILES string of the molecule is C=CN(OCCCC(OCC)OCC)C(=O)O. The second kappa shape index (κ2) is 10.1. The maximum absolute atomic E-state index is 10.5. The van der Waals surface area contributed by atoms with Crippen LogP contribution < -0.4 is 0 Å². The molecule has 0 heterocycles. The minimum atomic E-state index is -1.19. The Hall–Kier alpha value is -1.11. The van der Waals surface area contributed by atoms with Crippen LogP contribution in [0.25, 0.3) is 0 Å². The number of carboxylic acid groups (broad SMARTS) is 1. The Kier molecular flexibility index (Phi) is 9.41. The van der Waals surface area contributed by atoms with Gasteiger partial charge in [-0.25, -0.2) is 4.79 Å². The lowest BCUT2D eigenvalue weighted by Gasteiger charge is -2.17. The first-order chi connectivity index (χ1) is 8.15. The van der Waals surface area contributed by atoms with Gasteiger partial charge in [-0.1, -0.05) is 6.58 Å². The Morgan fingerprint density at radius 2 is 2.00 bits per heavy atom. The second-order valence-corrected chi connectivity index (χ2v) is 3.11. The Labute approximate surface area is 102 Å². The molecule has 0 bridgehead atoms. The molecule has 1 amide bonds. The molecule has 0 aliphatic rings. The summed E-state index contributed by atoms with van der Waals surface area (Å²) < 4.78 is 10.7. The van der Waals surface area contributed by atoms with Crippen LogP contribution in [0, 0.1) is 0 Å². The molecule has 0 aromatic rings. The van der Waals surface area contributed by atoms with E-state index in [4.69, 9.17) is 19.4 Å². The van der Waals surface area contributed by atoms with Crippen LogP contribution in [-0.4, -0.2) is 42.4 Å². The zero-order valence-electron chi connectivity index (χ0n) is 10.4. The van der Waals surface area contributed by atoms with Crippen molar-refractivity contribution in [2.24, 2.45) is 0 Å². The molecule has 0 fully saturated rings. The molecule has 0 radical (unpaired) electrons. The van der Waals surface area contributed by atoms with E-state index in [0.717, 1.165) is 6.20 Å². The van der Waals surface area contributed by atoms with Crippen LogP contribution >= 0.6 is 0 Å². The summed E-state index contributed by atoms with van der Waals surface area (Å²) in [6.07, 6.45) is 0.959. The quantitative estimate of drug-likeness (QED) is 0.364. The third kappa shape index (κ3) is 7.73. The van der Waals surface area contributed by atoms with Gasteiger partial charge in [0.15, 0.2) is 6.29 Å². The van der Waals surface area contributed by atoms with Gasteiger partial charge in [-0.3, -0.25) is 4.84 Å². The first kappa shape index (κ1) is 15.9. The summed E-state index contributed by atoms with van der Waals surface area (Å²) in [6.45, 7) is 8.55. The number of ether oxygens (including phenoxy) is 2. The van der Waals surface area contributed by atoms with Gasteiger partial charge in [-0.15, -0.1) is 0 Å². The van der Waals surface area contributed by atoms with Gasteiger partial charge in [0, 0.05) is 25.8 Å². The van der Waals surface area contributed by atoms with Gasteiger partial charge in [0.25, 0.3) is 0 Å². The highest BCUT2D eigenvalue weighted by Gasteiger charge is 2.10. The number of carbonyl (C=O) groups is 1. The first-order valence-corrected chi connectivity index (χ1v) is 5.66. The molecule has 100 valence electrons. The zero-order valence-corrected chi connectivity index (χ0v) is 10.4. The molecule has 0 saturated carbocycles. The van der Waals surface area contributed by atoms with Crippen LogP contribution in [0.1, 0.15) is 26.7 Å². The van der Waals surface area contributed by atoms with Gasteiger partial charge < -0.3 is 14.6 Å². The van der Waals surface area contributed by atoms with Crippen molar-refractivity contribution in [3.05, 3.63) is 12.8 Å². The van der Waals surface area contributed by atoms with Crippen molar-refractivity contribution in [3.8, 4) is 0 Å². The van der Waals surface area contributed by atoms with E-state index in [0.29, 0.717) is 31.1 Å². The minimum Gasteiger partial charge on any atom is -0.463 e. The van der Waals surface area contributed by atoms with E-state index in [1.54, 1.807) is 0 Å². The Morgan fingerprint density at radius 1 is 1.41 bits per heavy atom. The van der Waals surface area contributed by atoms with E-state index in [1.165, 1.54) is 0 Å². The molecule has 0 spiro atoms. The highest BCUT2D eigenvalue weighted by atomic mass is 16.7. The van der Waals surface area contributed by atoms with Crippen molar-refractivity contribution in [1.82, 2.24) is 5.06 Å². The largest absolute Gasteiger partial charge is 0.463 e. The minimum absolute atomic E-state index is 0.254. The molecule has 1 N–H and O–H groups in total. The number of amides is 1. The third-order valence-corrected chi connectivity index (χ3v) is 1.87. The predicted molar refractivity (Wildman–Crippen MR) is 62.3 cm³/mol. The summed E-state index contributed by atoms with van der Waals surface area (Å²) in [4.78, 5) is 15.5. The molecule has 0 aliphatic carbocycles. The van der Waals surface area contributed by atoms with E-state index in [1.807, 2.05) is 13.8 Å². The summed E-state index contributed by atoms with van der Waals surface area (Å²) in [5.41, 5.74) is 0. The van der Waals surface area contributed by atoms with Crippen molar-refractivity contribution in [1.29, 1.82) is 0 Å². The van der Waals surface area contributed by atoms with Gasteiger partial charge in [0.05, 0.1) is 6.61 Å². The maximum Gasteiger partial charge on any atom is 0.435 e. The summed E-state index contributed by atoms with van der Waals surface area (Å²) in [5, 5.41) is 9.31. The van der Waals surface area contributed by atoms with E-state index >= 15 is 0 Å². The highest BCUT2D eigenvalue weighted by molar-refractivity contribution is 5.64. The van der Waals surface area contributed by atoms with Gasteiger partial charge >= 0.3 is 6.09 Å². The molecular weight excluding hydrogens is 226 g/mol. The van der Waals surface area contributed by atoms with Crippen molar-refractivity contribution >= 4 is 6.09 Å². The predicted octanol–water partition coefficient (Wildman–Crippen LogP) is 2.22. The topological polar surface area (TPSA) is 68.2 Å². The lowest BCUT2D eigenvalue weighted by atomic mass is 10.3. The fraction of sp³-hybridized carbons (Fsp3) is 0.727. The molecule has 6 heteroatoms. The van der Waals surface area contributed by atoms with E-state index < -0.39 is 6.09 Å². The average molecular weight is 247 g/mol. The first-order valence-electron chi connectivity index (χ1n) is 5.66. The van der Waals surface area contributed by atoms with Crippen LogP contribution in [0.5, 0.6) is 0 Å². The lowest BCUT2D eigenvalue weighted by molar-refractivity contribution is -0.148.